The van der Waals surface area contributed by atoms with Crippen molar-refractivity contribution in [3.05, 3.63) is 22.7 Å². The molecular weight excluding hydrogens is 285 g/mol. The average Bonchev–Trinajstić information content (AvgIpc) is 2.99. The number of fused-ring (bicyclic) bond motifs is 1. The van der Waals surface area contributed by atoms with E-state index < -0.39 is 42.9 Å². The zero-order valence-electron chi connectivity index (χ0n) is 11.3. The SMILES string of the molecule is CCC1O[C@H]2[C@H](n3ccc(N)nc3=O)O[C@](F)(CO)[C@H]2O1. The second-order valence-corrected chi connectivity index (χ2v) is 4.99. The summed E-state index contributed by atoms with van der Waals surface area (Å²) in [7, 11) is 0. The lowest BCUT2D eigenvalue weighted by atomic mass is 10.1. The third kappa shape index (κ3) is 2.22. The van der Waals surface area contributed by atoms with Crippen molar-refractivity contribution in [3.8, 4) is 0 Å². The van der Waals surface area contributed by atoms with Crippen molar-refractivity contribution in [3.63, 3.8) is 0 Å². The Morgan fingerprint density at radius 2 is 2.33 bits per heavy atom. The molecule has 2 aliphatic heterocycles. The predicted octanol–water partition coefficient (Wildman–Crippen LogP) is -0.467. The molecule has 0 amide bonds. The van der Waals surface area contributed by atoms with Crippen LogP contribution < -0.4 is 11.4 Å². The van der Waals surface area contributed by atoms with E-state index in [0.717, 1.165) is 4.57 Å². The number of aliphatic hydroxyl groups excluding tert-OH is 1. The lowest BCUT2D eigenvalue weighted by Crippen LogP contribution is -2.41. The first-order valence-electron chi connectivity index (χ1n) is 6.61. The van der Waals surface area contributed by atoms with Crippen LogP contribution in [0.15, 0.2) is 17.1 Å². The van der Waals surface area contributed by atoms with Crippen molar-refractivity contribution in [2.75, 3.05) is 12.3 Å². The second-order valence-electron chi connectivity index (χ2n) is 4.99. The predicted molar refractivity (Wildman–Crippen MR) is 67.8 cm³/mol. The molecular formula is C12H16FN3O5. The number of nitrogens with zero attached hydrogens (tertiary/aromatic N) is 2. The van der Waals surface area contributed by atoms with E-state index in [0.29, 0.717) is 6.42 Å². The summed E-state index contributed by atoms with van der Waals surface area (Å²) in [5.41, 5.74) is 4.73. The van der Waals surface area contributed by atoms with Gasteiger partial charge in [0.25, 0.3) is 5.85 Å². The number of aromatic nitrogens is 2. The highest BCUT2D eigenvalue weighted by atomic mass is 19.2. The van der Waals surface area contributed by atoms with E-state index in [9.17, 15) is 14.3 Å². The number of hydrogen-bond acceptors (Lipinski definition) is 7. The maximum Gasteiger partial charge on any atom is 0.351 e. The molecule has 0 saturated carbocycles. The maximum atomic E-state index is 14.6. The summed E-state index contributed by atoms with van der Waals surface area (Å²) < 4.78 is 31.9. The van der Waals surface area contributed by atoms with Gasteiger partial charge in [-0.25, -0.2) is 9.18 Å². The van der Waals surface area contributed by atoms with E-state index in [1.807, 2.05) is 6.92 Å². The lowest BCUT2D eigenvalue weighted by molar-refractivity contribution is -0.243. The Morgan fingerprint density at radius 1 is 1.57 bits per heavy atom. The van der Waals surface area contributed by atoms with E-state index in [4.69, 9.17) is 19.9 Å². The van der Waals surface area contributed by atoms with Gasteiger partial charge in [0.2, 0.25) is 0 Å². The minimum Gasteiger partial charge on any atom is -0.390 e. The van der Waals surface area contributed by atoms with Gasteiger partial charge in [0.15, 0.2) is 18.6 Å². The van der Waals surface area contributed by atoms with Crippen LogP contribution in [-0.2, 0) is 14.2 Å². The number of ether oxygens (including phenoxy) is 3. The van der Waals surface area contributed by atoms with Gasteiger partial charge < -0.3 is 25.1 Å². The first-order valence-corrected chi connectivity index (χ1v) is 6.61. The van der Waals surface area contributed by atoms with Crippen LogP contribution in [0.1, 0.15) is 19.6 Å². The van der Waals surface area contributed by atoms with Crippen molar-refractivity contribution in [2.45, 2.75) is 43.9 Å². The van der Waals surface area contributed by atoms with Crippen LogP contribution in [-0.4, -0.2) is 45.6 Å². The Hall–Kier alpha value is -1.55. The molecule has 2 aliphatic rings. The molecule has 3 heterocycles. The highest BCUT2D eigenvalue weighted by molar-refractivity contribution is 5.23. The van der Waals surface area contributed by atoms with Gasteiger partial charge >= 0.3 is 5.69 Å². The molecule has 0 aliphatic carbocycles. The van der Waals surface area contributed by atoms with E-state index in [-0.39, 0.29) is 5.82 Å². The molecule has 2 saturated heterocycles. The normalized spacial score (nSPS) is 38.6. The van der Waals surface area contributed by atoms with Crippen molar-refractivity contribution >= 4 is 5.82 Å². The molecule has 9 heteroatoms. The number of anilines is 1. The standard InChI is InChI=1S/C12H16FN3O5/c1-2-7-19-8-9(20-7)12(13,5-17)21-10(8)16-4-3-6(14)15-11(16)18/h3-4,7-10,17H,2,5H2,1H3,(H2,14,15,18)/t7?,8-,9+,10-,12-/m1/s1. The molecule has 0 aromatic carbocycles. The van der Waals surface area contributed by atoms with Crippen LogP contribution in [0.25, 0.3) is 0 Å². The number of hydrogen-bond donors (Lipinski definition) is 2. The average molecular weight is 301 g/mol. The fraction of sp³-hybridized carbons (Fsp3) is 0.667. The topological polar surface area (TPSA) is 109 Å². The van der Waals surface area contributed by atoms with E-state index in [1.165, 1.54) is 12.3 Å². The van der Waals surface area contributed by atoms with Crippen LogP contribution in [0.5, 0.6) is 0 Å². The van der Waals surface area contributed by atoms with Crippen LogP contribution in [0.4, 0.5) is 10.2 Å². The molecule has 1 aromatic rings. The van der Waals surface area contributed by atoms with Crippen LogP contribution >= 0.6 is 0 Å². The van der Waals surface area contributed by atoms with E-state index in [1.54, 1.807) is 0 Å². The van der Waals surface area contributed by atoms with Gasteiger partial charge in [0, 0.05) is 6.20 Å². The number of halogens is 1. The van der Waals surface area contributed by atoms with Crippen molar-refractivity contribution in [2.24, 2.45) is 0 Å². The Bertz CT molecular complexity index is 597. The molecule has 2 fully saturated rings. The molecule has 1 aromatic heterocycles. The largest absolute Gasteiger partial charge is 0.390 e. The smallest absolute Gasteiger partial charge is 0.351 e. The molecule has 5 atom stereocenters. The van der Waals surface area contributed by atoms with E-state index >= 15 is 0 Å². The summed E-state index contributed by atoms with van der Waals surface area (Å²) in [4.78, 5) is 15.4. The molecule has 116 valence electrons. The summed E-state index contributed by atoms with van der Waals surface area (Å²) in [6.07, 6.45) is -1.79. The van der Waals surface area contributed by atoms with Gasteiger partial charge in [-0.1, -0.05) is 6.92 Å². The summed E-state index contributed by atoms with van der Waals surface area (Å²) in [6.45, 7) is 0.916. The number of alkyl halides is 1. The Balaban J connectivity index is 1.97. The molecule has 1 unspecified atom stereocenters. The minimum absolute atomic E-state index is 0.0505. The molecule has 21 heavy (non-hydrogen) atoms. The first kappa shape index (κ1) is 14.4. The third-order valence-electron chi connectivity index (χ3n) is 3.60. The Morgan fingerprint density at radius 3 is 2.95 bits per heavy atom. The maximum absolute atomic E-state index is 14.6. The number of nitrogens with two attached hydrogens (primary N) is 1. The van der Waals surface area contributed by atoms with Crippen molar-refractivity contribution in [1.29, 1.82) is 0 Å². The van der Waals surface area contributed by atoms with Crippen molar-refractivity contribution in [1.82, 2.24) is 9.55 Å². The third-order valence-corrected chi connectivity index (χ3v) is 3.60. The Labute approximate surface area is 119 Å². The highest BCUT2D eigenvalue weighted by Crippen LogP contribution is 2.45. The van der Waals surface area contributed by atoms with Gasteiger partial charge in [-0.2, -0.15) is 4.98 Å². The summed E-state index contributed by atoms with van der Waals surface area (Å²) >= 11 is 0. The number of rotatable bonds is 3. The molecule has 0 spiro atoms. The van der Waals surface area contributed by atoms with Crippen LogP contribution in [0.3, 0.4) is 0 Å². The number of nitrogen functional groups attached to an aromatic ring is 1. The van der Waals surface area contributed by atoms with Crippen molar-refractivity contribution < 1.29 is 23.7 Å². The fourth-order valence-corrected chi connectivity index (χ4v) is 2.57. The van der Waals surface area contributed by atoms with Gasteiger partial charge in [0.1, 0.15) is 18.5 Å². The van der Waals surface area contributed by atoms with Gasteiger partial charge in [-0.15, -0.1) is 0 Å². The fourth-order valence-electron chi connectivity index (χ4n) is 2.57. The zero-order valence-corrected chi connectivity index (χ0v) is 11.3. The minimum atomic E-state index is -2.43. The highest BCUT2D eigenvalue weighted by Gasteiger charge is 2.62. The second kappa shape index (κ2) is 5.02. The van der Waals surface area contributed by atoms with Gasteiger partial charge in [-0.3, -0.25) is 4.57 Å². The zero-order chi connectivity index (χ0) is 15.2. The van der Waals surface area contributed by atoms with Gasteiger partial charge in [-0.05, 0) is 12.5 Å². The molecule has 3 N–H and O–H groups in total. The molecule has 3 rings (SSSR count). The summed E-state index contributed by atoms with van der Waals surface area (Å²) in [5.74, 6) is -2.38. The molecule has 8 nitrogen and oxygen atoms in total. The summed E-state index contributed by atoms with van der Waals surface area (Å²) in [5, 5.41) is 9.25. The molecule has 0 radical (unpaired) electrons. The van der Waals surface area contributed by atoms with E-state index in [2.05, 4.69) is 4.98 Å². The number of aliphatic hydroxyl groups is 1. The first-order chi connectivity index (χ1) is 9.98. The Kier molecular flexibility index (Phi) is 3.44. The lowest BCUT2D eigenvalue weighted by Gasteiger charge is -2.23. The van der Waals surface area contributed by atoms with Crippen LogP contribution in [0, 0.1) is 0 Å². The molecule has 0 bridgehead atoms. The quantitative estimate of drug-likeness (QED) is 0.777. The monoisotopic (exact) mass is 301 g/mol. The van der Waals surface area contributed by atoms with Crippen LogP contribution in [0.2, 0.25) is 0 Å². The summed E-state index contributed by atoms with van der Waals surface area (Å²) in [6, 6.07) is 1.39. The van der Waals surface area contributed by atoms with Gasteiger partial charge in [0.05, 0.1) is 0 Å².